The topological polar surface area (TPSA) is 38.0 Å². The number of rotatable bonds is 2. The molecule has 1 unspecified atom stereocenters. The van der Waals surface area contributed by atoms with Crippen molar-refractivity contribution >= 4 is 0 Å². The third kappa shape index (κ3) is 2.12. The third-order valence-electron chi connectivity index (χ3n) is 3.00. The molecule has 0 aromatic carbocycles. The Morgan fingerprint density at radius 2 is 2.27 bits per heavy atom. The summed E-state index contributed by atoms with van der Waals surface area (Å²) < 4.78 is 1.77. The molecule has 1 aromatic heterocycles. The van der Waals surface area contributed by atoms with Gasteiger partial charge >= 0.3 is 0 Å². The SMILES string of the molecule is Cc1cc(C(O)C2=CCCCC2)n(C)n1. The molecular formula is C12H18N2O. The van der Waals surface area contributed by atoms with Crippen molar-refractivity contribution in [1.82, 2.24) is 9.78 Å². The van der Waals surface area contributed by atoms with Crippen LogP contribution in [0.5, 0.6) is 0 Å². The lowest BCUT2D eigenvalue weighted by Crippen LogP contribution is -2.09. The van der Waals surface area contributed by atoms with Gasteiger partial charge in [0.05, 0.1) is 11.4 Å². The summed E-state index contributed by atoms with van der Waals surface area (Å²) in [4.78, 5) is 0. The molecule has 1 atom stereocenters. The fourth-order valence-electron chi connectivity index (χ4n) is 2.19. The van der Waals surface area contributed by atoms with Gasteiger partial charge in [0.2, 0.25) is 0 Å². The second kappa shape index (κ2) is 4.19. The van der Waals surface area contributed by atoms with E-state index in [1.54, 1.807) is 4.68 Å². The molecule has 0 bridgehead atoms. The highest BCUT2D eigenvalue weighted by atomic mass is 16.3. The summed E-state index contributed by atoms with van der Waals surface area (Å²) in [5.74, 6) is 0. The van der Waals surface area contributed by atoms with Gasteiger partial charge < -0.3 is 5.11 Å². The van der Waals surface area contributed by atoms with E-state index in [-0.39, 0.29) is 0 Å². The number of hydrogen-bond acceptors (Lipinski definition) is 2. The number of aryl methyl sites for hydroxylation is 2. The maximum Gasteiger partial charge on any atom is 0.117 e. The summed E-state index contributed by atoms with van der Waals surface area (Å²) in [5.41, 5.74) is 3.02. The Kier molecular flexibility index (Phi) is 2.91. The van der Waals surface area contributed by atoms with Crippen LogP contribution in [0.4, 0.5) is 0 Å². The second-order valence-corrected chi connectivity index (χ2v) is 4.26. The van der Waals surface area contributed by atoms with Crippen LogP contribution in [0.1, 0.15) is 43.2 Å². The first-order valence-electron chi connectivity index (χ1n) is 5.56. The zero-order valence-corrected chi connectivity index (χ0v) is 9.40. The molecule has 0 spiro atoms. The Hall–Kier alpha value is -1.09. The number of hydrogen-bond donors (Lipinski definition) is 1. The number of nitrogens with zero attached hydrogens (tertiary/aromatic N) is 2. The van der Waals surface area contributed by atoms with E-state index in [1.165, 1.54) is 12.8 Å². The molecule has 1 aliphatic carbocycles. The largest absolute Gasteiger partial charge is 0.382 e. The molecule has 0 saturated carbocycles. The van der Waals surface area contributed by atoms with Crippen molar-refractivity contribution in [3.8, 4) is 0 Å². The lowest BCUT2D eigenvalue weighted by Gasteiger charge is -2.18. The summed E-state index contributed by atoms with van der Waals surface area (Å²) in [5, 5.41) is 14.5. The fourth-order valence-corrected chi connectivity index (χ4v) is 2.19. The number of aromatic nitrogens is 2. The first-order valence-corrected chi connectivity index (χ1v) is 5.56. The molecule has 0 fully saturated rings. The van der Waals surface area contributed by atoms with Gasteiger partial charge in [-0.15, -0.1) is 0 Å². The minimum Gasteiger partial charge on any atom is -0.382 e. The van der Waals surface area contributed by atoms with Crippen molar-refractivity contribution in [2.75, 3.05) is 0 Å². The van der Waals surface area contributed by atoms with Gasteiger partial charge in [0, 0.05) is 7.05 Å². The van der Waals surface area contributed by atoms with Gasteiger partial charge in [-0.25, -0.2) is 0 Å². The number of aliphatic hydroxyl groups excluding tert-OH is 1. The van der Waals surface area contributed by atoms with Crippen LogP contribution in [0, 0.1) is 6.92 Å². The number of aliphatic hydroxyl groups is 1. The van der Waals surface area contributed by atoms with Crippen LogP contribution < -0.4 is 0 Å². The average molecular weight is 206 g/mol. The Morgan fingerprint density at radius 3 is 2.80 bits per heavy atom. The van der Waals surface area contributed by atoms with Crippen molar-refractivity contribution in [3.05, 3.63) is 29.1 Å². The Balaban J connectivity index is 2.23. The highest BCUT2D eigenvalue weighted by Crippen LogP contribution is 2.29. The molecule has 1 N–H and O–H groups in total. The zero-order chi connectivity index (χ0) is 10.8. The van der Waals surface area contributed by atoms with E-state index < -0.39 is 6.10 Å². The zero-order valence-electron chi connectivity index (χ0n) is 9.40. The van der Waals surface area contributed by atoms with E-state index in [1.807, 2.05) is 20.0 Å². The van der Waals surface area contributed by atoms with Crippen LogP contribution in [0.2, 0.25) is 0 Å². The van der Waals surface area contributed by atoms with Crippen molar-refractivity contribution < 1.29 is 5.11 Å². The molecule has 1 aliphatic rings. The molecule has 2 rings (SSSR count). The molecule has 0 saturated heterocycles. The first-order chi connectivity index (χ1) is 7.18. The first kappa shape index (κ1) is 10.4. The molecule has 1 aromatic rings. The normalized spacial score (nSPS) is 18.7. The van der Waals surface area contributed by atoms with E-state index in [4.69, 9.17) is 0 Å². The summed E-state index contributed by atoms with van der Waals surface area (Å²) in [6, 6.07) is 1.96. The van der Waals surface area contributed by atoms with Crippen LogP contribution in [0.25, 0.3) is 0 Å². The molecule has 0 radical (unpaired) electrons. The fraction of sp³-hybridized carbons (Fsp3) is 0.583. The summed E-state index contributed by atoms with van der Waals surface area (Å²) in [7, 11) is 1.88. The lowest BCUT2D eigenvalue weighted by molar-refractivity contribution is 0.198. The minimum atomic E-state index is -0.462. The molecular weight excluding hydrogens is 188 g/mol. The summed E-state index contributed by atoms with van der Waals surface area (Å²) in [6.45, 7) is 1.95. The van der Waals surface area contributed by atoms with Crippen molar-refractivity contribution in [3.63, 3.8) is 0 Å². The molecule has 15 heavy (non-hydrogen) atoms. The van der Waals surface area contributed by atoms with Crippen LogP contribution in [0.3, 0.4) is 0 Å². The third-order valence-corrected chi connectivity index (χ3v) is 3.00. The highest BCUT2D eigenvalue weighted by Gasteiger charge is 2.18. The lowest BCUT2D eigenvalue weighted by atomic mass is 9.94. The molecule has 0 aliphatic heterocycles. The summed E-state index contributed by atoms with van der Waals surface area (Å²) >= 11 is 0. The average Bonchev–Trinajstić information content (AvgIpc) is 2.58. The van der Waals surface area contributed by atoms with Gasteiger partial charge in [0.25, 0.3) is 0 Å². The highest BCUT2D eigenvalue weighted by molar-refractivity contribution is 5.22. The van der Waals surface area contributed by atoms with Crippen LogP contribution in [-0.4, -0.2) is 14.9 Å². The minimum absolute atomic E-state index is 0.462. The molecule has 0 amide bonds. The van der Waals surface area contributed by atoms with Crippen LogP contribution >= 0.6 is 0 Å². The van der Waals surface area contributed by atoms with Crippen molar-refractivity contribution in [2.24, 2.45) is 7.05 Å². The van der Waals surface area contributed by atoms with Crippen molar-refractivity contribution in [2.45, 2.75) is 38.7 Å². The maximum absolute atomic E-state index is 10.2. The van der Waals surface area contributed by atoms with Gasteiger partial charge in [-0.2, -0.15) is 5.10 Å². The van der Waals surface area contributed by atoms with Crippen LogP contribution in [0.15, 0.2) is 17.7 Å². The standard InChI is InChI=1S/C12H18N2O/c1-9-8-11(14(2)13-9)12(15)10-6-4-3-5-7-10/h6,8,12,15H,3-5,7H2,1-2H3. The monoisotopic (exact) mass is 206 g/mol. The molecule has 82 valence electrons. The number of allylic oxidation sites excluding steroid dienone is 1. The Bertz CT molecular complexity index is 379. The van der Waals surface area contributed by atoms with Gasteiger partial charge in [0.1, 0.15) is 6.10 Å². The second-order valence-electron chi connectivity index (χ2n) is 4.26. The van der Waals surface area contributed by atoms with Crippen molar-refractivity contribution in [1.29, 1.82) is 0 Å². The van der Waals surface area contributed by atoms with E-state index in [2.05, 4.69) is 11.2 Å². The smallest absolute Gasteiger partial charge is 0.117 e. The molecule has 1 heterocycles. The Morgan fingerprint density at radius 1 is 1.47 bits per heavy atom. The van der Waals surface area contributed by atoms with E-state index in [0.717, 1.165) is 29.8 Å². The predicted molar refractivity (Wildman–Crippen MR) is 59.5 cm³/mol. The van der Waals surface area contributed by atoms with Gasteiger partial charge in [0.15, 0.2) is 0 Å². The molecule has 3 nitrogen and oxygen atoms in total. The van der Waals surface area contributed by atoms with E-state index in [9.17, 15) is 5.11 Å². The van der Waals surface area contributed by atoms with Crippen LogP contribution in [-0.2, 0) is 7.05 Å². The maximum atomic E-state index is 10.2. The van der Waals surface area contributed by atoms with Gasteiger partial charge in [-0.05, 0) is 44.2 Å². The van der Waals surface area contributed by atoms with Gasteiger partial charge in [-0.1, -0.05) is 6.08 Å². The predicted octanol–water partition coefficient (Wildman–Crippen LogP) is 2.26. The molecule has 3 heteroatoms. The quantitative estimate of drug-likeness (QED) is 0.754. The summed E-state index contributed by atoms with van der Waals surface area (Å²) in [6.07, 6.45) is 6.28. The van der Waals surface area contributed by atoms with E-state index >= 15 is 0 Å². The van der Waals surface area contributed by atoms with E-state index in [0.29, 0.717) is 0 Å². The Labute approximate surface area is 90.4 Å². The van der Waals surface area contributed by atoms with Gasteiger partial charge in [-0.3, -0.25) is 4.68 Å².